The molecule has 136 valence electrons. The Morgan fingerprint density at radius 3 is 2.08 bits per heavy atom. The maximum atomic E-state index is 12.8. The zero-order chi connectivity index (χ0) is 19.2. The van der Waals surface area contributed by atoms with E-state index < -0.39 is 23.4 Å². The van der Waals surface area contributed by atoms with Gasteiger partial charge in [-0.3, -0.25) is 15.0 Å². The second-order valence-corrected chi connectivity index (χ2v) is 6.98. The number of hydrogen-bond acceptors (Lipinski definition) is 4. The van der Waals surface area contributed by atoms with Crippen LogP contribution in [0.5, 0.6) is 0 Å². The van der Waals surface area contributed by atoms with E-state index >= 15 is 0 Å². The molecular weight excluding hydrogens is 328 g/mol. The van der Waals surface area contributed by atoms with Gasteiger partial charge in [0.1, 0.15) is 11.4 Å². The number of carbonyl (C=O) groups excluding carboxylic acids is 2. The Hall–Kier alpha value is -2.95. The molecule has 0 aliphatic rings. The summed E-state index contributed by atoms with van der Waals surface area (Å²) in [6.07, 6.45) is -0.0881. The van der Waals surface area contributed by atoms with Crippen LogP contribution in [0.1, 0.15) is 44.2 Å². The zero-order valence-electron chi connectivity index (χ0n) is 15.3. The largest absolute Gasteiger partial charge is 0.460 e. The standard InChI is InChI=1S/C21H24N2O3/c1-21(2,3)26-18(24)14-17(15-10-6-4-7-11-15)20(25)23-19(22)16-12-8-5-9-13-16/h4-13,17H,14H2,1-3H3,(H2,22,23,25)/t17-/m1/s1. The van der Waals surface area contributed by atoms with Gasteiger partial charge in [0.2, 0.25) is 5.91 Å². The van der Waals surface area contributed by atoms with Crippen molar-refractivity contribution in [2.24, 2.45) is 0 Å². The normalized spacial score (nSPS) is 12.1. The monoisotopic (exact) mass is 352 g/mol. The van der Waals surface area contributed by atoms with Crippen LogP contribution in [0.3, 0.4) is 0 Å². The summed E-state index contributed by atoms with van der Waals surface area (Å²) in [5.41, 5.74) is 0.688. The summed E-state index contributed by atoms with van der Waals surface area (Å²) in [6, 6.07) is 18.0. The predicted octanol–water partition coefficient (Wildman–Crippen LogP) is 3.64. The molecule has 5 nitrogen and oxygen atoms in total. The molecule has 0 spiro atoms. The molecule has 0 unspecified atom stereocenters. The SMILES string of the molecule is CC(C)(C)OC(=O)C[C@@H](C(=O)NC(=N)c1ccccc1)c1ccccc1. The Morgan fingerprint density at radius 2 is 1.54 bits per heavy atom. The maximum Gasteiger partial charge on any atom is 0.307 e. The van der Waals surface area contributed by atoms with Gasteiger partial charge in [-0.1, -0.05) is 60.7 Å². The molecule has 0 saturated carbocycles. The molecule has 0 aliphatic heterocycles. The topological polar surface area (TPSA) is 79.2 Å². The highest BCUT2D eigenvalue weighted by molar-refractivity contribution is 6.08. The highest BCUT2D eigenvalue weighted by Crippen LogP contribution is 2.22. The molecule has 0 aromatic heterocycles. The first-order chi connectivity index (χ1) is 12.3. The summed E-state index contributed by atoms with van der Waals surface area (Å²) >= 11 is 0. The third kappa shape index (κ3) is 5.84. The van der Waals surface area contributed by atoms with Gasteiger partial charge in [-0.2, -0.15) is 0 Å². The third-order valence-electron chi connectivity index (χ3n) is 3.62. The lowest BCUT2D eigenvalue weighted by Gasteiger charge is -2.22. The van der Waals surface area contributed by atoms with Crippen LogP contribution in [0, 0.1) is 5.41 Å². The highest BCUT2D eigenvalue weighted by Gasteiger charge is 2.27. The fourth-order valence-corrected chi connectivity index (χ4v) is 2.48. The minimum Gasteiger partial charge on any atom is -0.460 e. The van der Waals surface area contributed by atoms with E-state index in [-0.39, 0.29) is 12.3 Å². The fraction of sp³-hybridized carbons (Fsp3) is 0.286. The van der Waals surface area contributed by atoms with Gasteiger partial charge in [0.15, 0.2) is 0 Å². The second kappa shape index (κ2) is 8.43. The van der Waals surface area contributed by atoms with Crippen LogP contribution in [0.2, 0.25) is 0 Å². The van der Waals surface area contributed by atoms with Gasteiger partial charge in [0.05, 0.1) is 12.3 Å². The maximum absolute atomic E-state index is 12.8. The lowest BCUT2D eigenvalue weighted by Crippen LogP contribution is -2.36. The van der Waals surface area contributed by atoms with E-state index in [1.807, 2.05) is 24.3 Å². The van der Waals surface area contributed by atoms with E-state index in [1.165, 1.54) is 0 Å². The van der Waals surface area contributed by atoms with Gasteiger partial charge in [0, 0.05) is 5.56 Å². The molecule has 0 bridgehead atoms. The molecule has 0 aliphatic carbocycles. The Balaban J connectivity index is 2.16. The molecule has 1 atom stereocenters. The van der Waals surface area contributed by atoms with Crippen molar-refractivity contribution in [2.75, 3.05) is 0 Å². The first-order valence-electron chi connectivity index (χ1n) is 8.48. The molecule has 2 N–H and O–H groups in total. The molecule has 2 rings (SSSR count). The highest BCUT2D eigenvalue weighted by atomic mass is 16.6. The summed E-state index contributed by atoms with van der Waals surface area (Å²) in [5.74, 6) is -1.58. The van der Waals surface area contributed by atoms with Crippen molar-refractivity contribution in [3.63, 3.8) is 0 Å². The second-order valence-electron chi connectivity index (χ2n) is 6.98. The van der Waals surface area contributed by atoms with Gasteiger partial charge in [-0.05, 0) is 26.3 Å². The number of nitrogens with one attached hydrogen (secondary N) is 2. The lowest BCUT2D eigenvalue weighted by molar-refractivity contribution is -0.156. The number of rotatable bonds is 5. The van der Waals surface area contributed by atoms with Crippen molar-refractivity contribution in [3.05, 3.63) is 71.8 Å². The van der Waals surface area contributed by atoms with Crippen LogP contribution in [0.25, 0.3) is 0 Å². The van der Waals surface area contributed by atoms with Crippen LogP contribution < -0.4 is 5.32 Å². The predicted molar refractivity (Wildman–Crippen MR) is 101 cm³/mol. The first kappa shape index (κ1) is 19.4. The number of hydrogen-bond donors (Lipinski definition) is 2. The van der Waals surface area contributed by atoms with Crippen LogP contribution in [-0.4, -0.2) is 23.3 Å². The van der Waals surface area contributed by atoms with Crippen molar-refractivity contribution < 1.29 is 14.3 Å². The quantitative estimate of drug-likeness (QED) is 0.490. The Labute approximate surface area is 153 Å². The Bertz CT molecular complexity index is 765. The molecule has 26 heavy (non-hydrogen) atoms. The smallest absolute Gasteiger partial charge is 0.307 e. The Morgan fingerprint density at radius 1 is 1.00 bits per heavy atom. The molecule has 0 heterocycles. The van der Waals surface area contributed by atoms with E-state index in [1.54, 1.807) is 57.2 Å². The number of carbonyl (C=O) groups is 2. The van der Waals surface area contributed by atoms with E-state index in [0.717, 1.165) is 0 Å². The summed E-state index contributed by atoms with van der Waals surface area (Å²) in [7, 11) is 0. The summed E-state index contributed by atoms with van der Waals surface area (Å²) in [4.78, 5) is 25.0. The molecule has 1 amide bonds. The van der Waals surface area contributed by atoms with Crippen molar-refractivity contribution in [1.29, 1.82) is 5.41 Å². The van der Waals surface area contributed by atoms with E-state index in [9.17, 15) is 9.59 Å². The van der Waals surface area contributed by atoms with Crippen LogP contribution in [0.4, 0.5) is 0 Å². The van der Waals surface area contributed by atoms with E-state index in [4.69, 9.17) is 10.1 Å². The average Bonchev–Trinajstić information content (AvgIpc) is 2.59. The van der Waals surface area contributed by atoms with Crippen molar-refractivity contribution >= 4 is 17.7 Å². The van der Waals surface area contributed by atoms with E-state index in [0.29, 0.717) is 11.1 Å². The van der Waals surface area contributed by atoms with Crippen LogP contribution in [0.15, 0.2) is 60.7 Å². The van der Waals surface area contributed by atoms with Gasteiger partial charge in [0.25, 0.3) is 0 Å². The average molecular weight is 352 g/mol. The molecule has 0 saturated heterocycles. The lowest BCUT2D eigenvalue weighted by atomic mass is 9.94. The summed E-state index contributed by atoms with van der Waals surface area (Å²) in [5, 5.41) is 10.7. The van der Waals surface area contributed by atoms with Crippen LogP contribution >= 0.6 is 0 Å². The molecule has 0 radical (unpaired) electrons. The molecular formula is C21H24N2O3. The summed E-state index contributed by atoms with van der Waals surface area (Å²) in [6.45, 7) is 5.36. The number of ether oxygens (including phenoxy) is 1. The molecule has 5 heteroatoms. The van der Waals surface area contributed by atoms with Gasteiger partial charge in [-0.15, -0.1) is 0 Å². The fourth-order valence-electron chi connectivity index (χ4n) is 2.48. The van der Waals surface area contributed by atoms with Crippen LogP contribution in [-0.2, 0) is 14.3 Å². The first-order valence-corrected chi connectivity index (χ1v) is 8.48. The number of esters is 1. The molecule has 0 fully saturated rings. The van der Waals surface area contributed by atoms with Gasteiger partial charge < -0.3 is 10.1 Å². The molecule has 2 aromatic rings. The summed E-state index contributed by atoms with van der Waals surface area (Å²) < 4.78 is 5.36. The number of benzene rings is 2. The minimum absolute atomic E-state index is 0.000667. The molecule has 2 aromatic carbocycles. The number of amidine groups is 1. The van der Waals surface area contributed by atoms with E-state index in [2.05, 4.69) is 5.32 Å². The van der Waals surface area contributed by atoms with Crippen molar-refractivity contribution in [1.82, 2.24) is 5.32 Å². The van der Waals surface area contributed by atoms with Crippen molar-refractivity contribution in [3.8, 4) is 0 Å². The zero-order valence-corrected chi connectivity index (χ0v) is 15.3. The van der Waals surface area contributed by atoms with Gasteiger partial charge >= 0.3 is 5.97 Å². The van der Waals surface area contributed by atoms with Gasteiger partial charge in [-0.25, -0.2) is 0 Å². The van der Waals surface area contributed by atoms with Crippen molar-refractivity contribution in [2.45, 2.75) is 38.7 Å². The number of amides is 1. The Kier molecular flexibility index (Phi) is 6.28. The minimum atomic E-state index is -0.727. The third-order valence-corrected chi connectivity index (χ3v) is 3.62.